The summed E-state index contributed by atoms with van der Waals surface area (Å²) >= 11 is 0. The van der Waals surface area contributed by atoms with E-state index in [-0.39, 0.29) is 5.91 Å². The summed E-state index contributed by atoms with van der Waals surface area (Å²) < 4.78 is 10.4. The molecule has 24 heavy (non-hydrogen) atoms. The van der Waals surface area contributed by atoms with Crippen molar-refractivity contribution in [3.05, 3.63) is 53.6 Å². The molecule has 0 unspecified atom stereocenters. The average Bonchev–Trinajstić information content (AvgIpc) is 3.22. The zero-order valence-electron chi connectivity index (χ0n) is 13.7. The minimum atomic E-state index is -0.0190. The van der Waals surface area contributed by atoms with Crippen molar-refractivity contribution in [3.8, 4) is 11.6 Å². The van der Waals surface area contributed by atoms with Gasteiger partial charge >= 0.3 is 0 Å². The fourth-order valence-corrected chi connectivity index (χ4v) is 2.35. The van der Waals surface area contributed by atoms with E-state index >= 15 is 0 Å². The lowest BCUT2D eigenvalue weighted by molar-refractivity contribution is -0.116. The number of nitrogens with zero attached hydrogens (tertiary/aromatic N) is 2. The van der Waals surface area contributed by atoms with Gasteiger partial charge in [0.15, 0.2) is 5.76 Å². The van der Waals surface area contributed by atoms with Crippen molar-refractivity contribution < 1.29 is 13.7 Å². The van der Waals surface area contributed by atoms with Gasteiger partial charge < -0.3 is 14.3 Å². The lowest BCUT2D eigenvalue weighted by Crippen LogP contribution is -2.12. The summed E-state index contributed by atoms with van der Waals surface area (Å²) in [6, 6.07) is 9.53. The van der Waals surface area contributed by atoms with Gasteiger partial charge in [0, 0.05) is 18.5 Å². The van der Waals surface area contributed by atoms with Crippen molar-refractivity contribution in [2.24, 2.45) is 0 Å². The number of carbonyl (C=O) groups is 1. The SMILES string of the molecule is Cc1ccc(C)c(NC(=O)CCCc2nc(-c3ccco3)no2)c1. The Morgan fingerprint density at radius 2 is 2.12 bits per heavy atom. The van der Waals surface area contributed by atoms with E-state index in [1.807, 2.05) is 32.0 Å². The van der Waals surface area contributed by atoms with Gasteiger partial charge in [0.05, 0.1) is 6.26 Å². The maximum atomic E-state index is 12.1. The van der Waals surface area contributed by atoms with Crippen LogP contribution in [0.15, 0.2) is 45.5 Å². The number of rotatable bonds is 6. The molecule has 3 rings (SSSR count). The van der Waals surface area contributed by atoms with Gasteiger partial charge in [-0.3, -0.25) is 4.79 Å². The van der Waals surface area contributed by atoms with Crippen molar-refractivity contribution in [3.63, 3.8) is 0 Å². The Morgan fingerprint density at radius 1 is 1.25 bits per heavy atom. The van der Waals surface area contributed by atoms with Crippen molar-refractivity contribution >= 4 is 11.6 Å². The first kappa shape index (κ1) is 16.0. The van der Waals surface area contributed by atoms with Crippen LogP contribution in [0.4, 0.5) is 5.69 Å². The zero-order valence-corrected chi connectivity index (χ0v) is 13.7. The second-order valence-electron chi connectivity index (χ2n) is 5.71. The highest BCUT2D eigenvalue weighted by Gasteiger charge is 2.11. The third kappa shape index (κ3) is 3.90. The number of amides is 1. The quantitative estimate of drug-likeness (QED) is 0.743. The predicted octanol–water partition coefficient (Wildman–Crippen LogP) is 3.91. The minimum Gasteiger partial charge on any atom is -0.461 e. The Labute approximate surface area is 139 Å². The van der Waals surface area contributed by atoms with Crippen LogP contribution < -0.4 is 5.32 Å². The van der Waals surface area contributed by atoms with Gasteiger partial charge in [0.25, 0.3) is 0 Å². The summed E-state index contributed by atoms with van der Waals surface area (Å²) in [6.07, 6.45) is 3.14. The second-order valence-corrected chi connectivity index (χ2v) is 5.71. The maximum absolute atomic E-state index is 12.1. The molecule has 0 fully saturated rings. The van der Waals surface area contributed by atoms with E-state index in [4.69, 9.17) is 8.94 Å². The van der Waals surface area contributed by atoms with Crippen LogP contribution in [-0.4, -0.2) is 16.0 Å². The van der Waals surface area contributed by atoms with Gasteiger partial charge in [-0.2, -0.15) is 4.98 Å². The molecule has 0 radical (unpaired) electrons. The predicted molar refractivity (Wildman–Crippen MR) is 89.5 cm³/mol. The summed E-state index contributed by atoms with van der Waals surface area (Å²) in [6.45, 7) is 3.98. The molecular formula is C18H19N3O3. The highest BCUT2D eigenvalue weighted by molar-refractivity contribution is 5.91. The van der Waals surface area contributed by atoms with Crippen LogP contribution in [0, 0.1) is 13.8 Å². The Balaban J connectivity index is 1.49. The Kier molecular flexibility index (Phi) is 4.74. The molecule has 0 spiro atoms. The van der Waals surface area contributed by atoms with Crippen molar-refractivity contribution in [2.75, 3.05) is 5.32 Å². The van der Waals surface area contributed by atoms with Crippen molar-refractivity contribution in [1.29, 1.82) is 0 Å². The van der Waals surface area contributed by atoms with E-state index < -0.39 is 0 Å². The molecule has 0 aliphatic carbocycles. The monoisotopic (exact) mass is 325 g/mol. The summed E-state index contributed by atoms with van der Waals surface area (Å²) in [5, 5.41) is 6.81. The van der Waals surface area contributed by atoms with Gasteiger partial charge in [0.1, 0.15) is 0 Å². The lowest BCUT2D eigenvalue weighted by Gasteiger charge is -2.08. The molecule has 1 amide bonds. The number of carbonyl (C=O) groups excluding carboxylic acids is 1. The first-order valence-corrected chi connectivity index (χ1v) is 7.85. The van der Waals surface area contributed by atoms with E-state index in [0.29, 0.717) is 36.7 Å². The molecule has 2 aromatic heterocycles. The number of aryl methyl sites for hydroxylation is 3. The molecule has 3 aromatic rings. The molecular weight excluding hydrogens is 306 g/mol. The number of hydrogen-bond donors (Lipinski definition) is 1. The van der Waals surface area contributed by atoms with Gasteiger partial charge in [-0.05, 0) is 49.6 Å². The normalized spacial score (nSPS) is 10.8. The number of furan rings is 1. The van der Waals surface area contributed by atoms with E-state index in [0.717, 1.165) is 16.8 Å². The highest BCUT2D eigenvalue weighted by atomic mass is 16.5. The fourth-order valence-electron chi connectivity index (χ4n) is 2.35. The first-order valence-electron chi connectivity index (χ1n) is 7.85. The summed E-state index contributed by atoms with van der Waals surface area (Å²) in [5.74, 6) is 1.47. The summed E-state index contributed by atoms with van der Waals surface area (Å²) in [7, 11) is 0. The average molecular weight is 325 g/mol. The van der Waals surface area contributed by atoms with Crippen molar-refractivity contribution in [2.45, 2.75) is 33.1 Å². The number of anilines is 1. The molecule has 0 aliphatic heterocycles. The van der Waals surface area contributed by atoms with Crippen LogP contribution in [0.2, 0.25) is 0 Å². The third-order valence-corrected chi connectivity index (χ3v) is 3.67. The standard InChI is InChI=1S/C18H19N3O3/c1-12-8-9-13(2)14(11-12)19-16(22)6-3-7-17-20-18(21-24-17)15-5-4-10-23-15/h4-5,8-11H,3,6-7H2,1-2H3,(H,19,22). The molecule has 6 heteroatoms. The molecule has 1 N–H and O–H groups in total. The molecule has 1 aromatic carbocycles. The zero-order chi connectivity index (χ0) is 16.9. The maximum Gasteiger partial charge on any atom is 0.238 e. The number of nitrogens with one attached hydrogen (secondary N) is 1. The van der Waals surface area contributed by atoms with Gasteiger partial charge in [0.2, 0.25) is 17.6 Å². The number of benzene rings is 1. The molecule has 0 saturated carbocycles. The highest BCUT2D eigenvalue weighted by Crippen LogP contribution is 2.18. The van der Waals surface area contributed by atoms with Crippen LogP contribution in [0.25, 0.3) is 11.6 Å². The largest absolute Gasteiger partial charge is 0.461 e. The van der Waals surface area contributed by atoms with E-state index in [1.165, 1.54) is 0 Å². The molecule has 6 nitrogen and oxygen atoms in total. The molecule has 0 saturated heterocycles. The first-order chi connectivity index (χ1) is 11.6. The Hall–Kier alpha value is -2.89. The summed E-state index contributed by atoms with van der Waals surface area (Å²) in [4.78, 5) is 16.3. The van der Waals surface area contributed by atoms with Gasteiger partial charge in [-0.25, -0.2) is 0 Å². The van der Waals surface area contributed by atoms with Crippen LogP contribution in [0.3, 0.4) is 0 Å². The number of hydrogen-bond acceptors (Lipinski definition) is 5. The molecule has 0 aliphatic rings. The molecule has 2 heterocycles. The molecule has 0 atom stereocenters. The van der Waals surface area contributed by atoms with E-state index in [9.17, 15) is 4.79 Å². The van der Waals surface area contributed by atoms with E-state index in [2.05, 4.69) is 15.5 Å². The van der Waals surface area contributed by atoms with Crippen molar-refractivity contribution in [1.82, 2.24) is 10.1 Å². The lowest BCUT2D eigenvalue weighted by atomic mass is 10.1. The Bertz CT molecular complexity index is 822. The topological polar surface area (TPSA) is 81.2 Å². The van der Waals surface area contributed by atoms with Gasteiger partial charge in [-0.1, -0.05) is 17.3 Å². The Morgan fingerprint density at radius 3 is 2.92 bits per heavy atom. The number of aromatic nitrogens is 2. The third-order valence-electron chi connectivity index (χ3n) is 3.67. The van der Waals surface area contributed by atoms with Crippen LogP contribution >= 0.6 is 0 Å². The smallest absolute Gasteiger partial charge is 0.238 e. The molecule has 0 bridgehead atoms. The second kappa shape index (κ2) is 7.12. The van der Waals surface area contributed by atoms with Crippen LogP contribution in [0.1, 0.15) is 29.9 Å². The van der Waals surface area contributed by atoms with Gasteiger partial charge in [-0.15, -0.1) is 0 Å². The fraction of sp³-hybridized carbons (Fsp3) is 0.278. The van der Waals surface area contributed by atoms with Crippen LogP contribution in [0.5, 0.6) is 0 Å². The summed E-state index contributed by atoms with van der Waals surface area (Å²) in [5.41, 5.74) is 3.03. The minimum absolute atomic E-state index is 0.0190. The molecule has 124 valence electrons. The van der Waals surface area contributed by atoms with Crippen LogP contribution in [-0.2, 0) is 11.2 Å². The van der Waals surface area contributed by atoms with E-state index in [1.54, 1.807) is 18.4 Å².